The van der Waals surface area contributed by atoms with E-state index < -0.39 is 0 Å². The second-order valence-electron chi connectivity index (χ2n) is 7.89. The minimum Gasteiger partial charge on any atom is -0.493 e. The van der Waals surface area contributed by atoms with Crippen molar-refractivity contribution in [3.63, 3.8) is 0 Å². The molecule has 1 aromatic heterocycles. The van der Waals surface area contributed by atoms with Gasteiger partial charge in [0, 0.05) is 12.1 Å². The van der Waals surface area contributed by atoms with Crippen LogP contribution in [0, 0.1) is 5.92 Å². The number of ether oxygens (including phenoxy) is 2. The average Bonchev–Trinajstić information content (AvgIpc) is 3.39. The van der Waals surface area contributed by atoms with E-state index in [2.05, 4.69) is 23.1 Å². The first-order valence-corrected chi connectivity index (χ1v) is 10.8. The van der Waals surface area contributed by atoms with Crippen LogP contribution in [-0.4, -0.2) is 30.8 Å². The zero-order valence-electron chi connectivity index (χ0n) is 16.0. The molecule has 1 saturated heterocycles. The third-order valence-corrected chi connectivity index (χ3v) is 6.42. The van der Waals surface area contributed by atoms with E-state index in [0.717, 1.165) is 53.3 Å². The zero-order chi connectivity index (χ0) is 19.1. The molecule has 5 nitrogen and oxygen atoms in total. The van der Waals surface area contributed by atoms with E-state index in [0.29, 0.717) is 0 Å². The number of thiazole rings is 1. The van der Waals surface area contributed by atoms with Gasteiger partial charge in [0.2, 0.25) is 0 Å². The van der Waals surface area contributed by atoms with Gasteiger partial charge in [-0.05, 0) is 55.5 Å². The van der Waals surface area contributed by atoms with E-state index >= 15 is 0 Å². The van der Waals surface area contributed by atoms with E-state index in [-0.39, 0.29) is 12.1 Å². The molecule has 5 rings (SSSR count). The molecular weight excluding hydrogens is 370 g/mol. The maximum atomic E-state index is 6.13. The van der Waals surface area contributed by atoms with Crippen molar-refractivity contribution in [2.75, 3.05) is 24.6 Å². The minimum absolute atomic E-state index is 0.0424. The smallest absolute Gasteiger partial charge is 0.186 e. The van der Waals surface area contributed by atoms with Crippen molar-refractivity contribution in [1.82, 2.24) is 4.98 Å². The molecule has 2 N–H and O–H groups in total. The summed E-state index contributed by atoms with van der Waals surface area (Å²) in [6.45, 7) is 4.54. The quantitative estimate of drug-likeness (QED) is 0.644. The number of hydrogen-bond donors (Lipinski definition) is 1. The molecule has 2 heterocycles. The molecule has 1 atom stereocenters. The van der Waals surface area contributed by atoms with Crippen LogP contribution in [0.5, 0.6) is 11.5 Å². The highest BCUT2D eigenvalue weighted by molar-refractivity contribution is 7.22. The number of anilines is 1. The third kappa shape index (κ3) is 3.80. The van der Waals surface area contributed by atoms with Crippen molar-refractivity contribution >= 4 is 26.7 Å². The Balaban J connectivity index is 1.19. The molecule has 6 heteroatoms. The number of rotatable bonds is 7. The predicted molar refractivity (Wildman–Crippen MR) is 114 cm³/mol. The largest absolute Gasteiger partial charge is 0.493 e. The first-order valence-electron chi connectivity index (χ1n) is 9.94. The Hall–Kier alpha value is -2.31. The van der Waals surface area contributed by atoms with Gasteiger partial charge in [0.05, 0.1) is 29.9 Å². The lowest BCUT2D eigenvalue weighted by Crippen LogP contribution is -2.54. The van der Waals surface area contributed by atoms with Gasteiger partial charge in [0.15, 0.2) is 5.13 Å². The lowest BCUT2D eigenvalue weighted by Gasteiger charge is -2.38. The van der Waals surface area contributed by atoms with Crippen LogP contribution in [0.15, 0.2) is 42.5 Å². The first-order chi connectivity index (χ1) is 13.6. The van der Waals surface area contributed by atoms with Gasteiger partial charge >= 0.3 is 0 Å². The monoisotopic (exact) mass is 395 g/mol. The number of hydrogen-bond acceptors (Lipinski definition) is 6. The van der Waals surface area contributed by atoms with Crippen LogP contribution in [-0.2, 0) is 0 Å². The summed E-state index contributed by atoms with van der Waals surface area (Å²) in [5, 5.41) is 1.05. The Morgan fingerprint density at radius 3 is 2.79 bits per heavy atom. The maximum absolute atomic E-state index is 6.13. The van der Waals surface area contributed by atoms with Crippen LogP contribution in [0.2, 0.25) is 0 Å². The second kappa shape index (κ2) is 7.26. The third-order valence-electron chi connectivity index (χ3n) is 5.34. The summed E-state index contributed by atoms with van der Waals surface area (Å²) in [6, 6.07) is 14.3. The van der Waals surface area contributed by atoms with Crippen molar-refractivity contribution in [2.45, 2.75) is 31.9 Å². The highest BCUT2D eigenvalue weighted by Gasteiger charge is 2.31. The highest BCUT2D eigenvalue weighted by atomic mass is 32.1. The number of nitrogens with two attached hydrogens (primary N) is 1. The summed E-state index contributed by atoms with van der Waals surface area (Å²) in [6.07, 6.45) is 2.78. The van der Waals surface area contributed by atoms with Gasteiger partial charge < -0.3 is 20.1 Å². The molecule has 0 amide bonds. The highest BCUT2D eigenvalue weighted by Crippen LogP contribution is 2.34. The van der Waals surface area contributed by atoms with Gasteiger partial charge in [-0.25, -0.2) is 4.98 Å². The summed E-state index contributed by atoms with van der Waals surface area (Å²) in [5.74, 6) is 2.53. The Kier molecular flexibility index (Phi) is 4.61. The minimum atomic E-state index is 0.0424. The Bertz CT molecular complexity index is 977. The van der Waals surface area contributed by atoms with E-state index in [1.165, 1.54) is 17.5 Å². The number of nitrogens with zero attached hydrogens (tertiary/aromatic N) is 2. The van der Waals surface area contributed by atoms with Crippen LogP contribution in [0.25, 0.3) is 10.2 Å². The van der Waals surface area contributed by atoms with Crippen LogP contribution < -0.4 is 20.1 Å². The van der Waals surface area contributed by atoms with E-state index in [4.69, 9.17) is 20.2 Å². The van der Waals surface area contributed by atoms with Crippen LogP contribution in [0.3, 0.4) is 0 Å². The standard InChI is InChI=1S/C22H25N3O2S/c1-14(23)16-7-8-20-21(9-16)28-22(24-20)25-11-19(12-25)27-18-4-2-3-17(10-18)26-13-15-5-6-15/h2-4,7-10,14-15,19H,5-6,11-13,23H2,1H3. The lowest BCUT2D eigenvalue weighted by atomic mass is 10.1. The SMILES string of the molecule is CC(N)c1ccc2nc(N3CC(Oc4cccc(OCC5CC5)c4)C3)sc2c1. The van der Waals surface area contributed by atoms with Crippen LogP contribution in [0.1, 0.15) is 31.4 Å². The normalized spacial score (nSPS) is 18.1. The average molecular weight is 396 g/mol. The Labute approximate surface area is 169 Å². The maximum Gasteiger partial charge on any atom is 0.186 e. The van der Waals surface area contributed by atoms with Crippen molar-refractivity contribution < 1.29 is 9.47 Å². The van der Waals surface area contributed by atoms with Gasteiger partial charge in [0.25, 0.3) is 0 Å². The summed E-state index contributed by atoms with van der Waals surface area (Å²) in [4.78, 5) is 7.04. The molecule has 1 aliphatic carbocycles. The van der Waals surface area contributed by atoms with Gasteiger partial charge in [-0.3, -0.25) is 0 Å². The molecule has 28 heavy (non-hydrogen) atoms. The van der Waals surface area contributed by atoms with Gasteiger partial charge in [-0.15, -0.1) is 0 Å². The molecule has 2 fully saturated rings. The molecule has 3 aromatic rings. The fourth-order valence-corrected chi connectivity index (χ4v) is 4.38. The summed E-state index contributed by atoms with van der Waals surface area (Å²) in [7, 11) is 0. The Morgan fingerprint density at radius 1 is 1.18 bits per heavy atom. The molecule has 0 radical (unpaired) electrons. The topological polar surface area (TPSA) is 60.6 Å². The number of aromatic nitrogens is 1. The van der Waals surface area contributed by atoms with Crippen molar-refractivity contribution in [2.24, 2.45) is 11.7 Å². The predicted octanol–water partition coefficient (Wildman–Crippen LogP) is 4.37. The molecule has 0 bridgehead atoms. The van der Waals surface area contributed by atoms with Gasteiger partial charge in [-0.1, -0.05) is 23.5 Å². The molecular formula is C22H25N3O2S. The molecule has 1 aliphatic heterocycles. The molecule has 1 unspecified atom stereocenters. The molecule has 2 aliphatic rings. The first kappa shape index (κ1) is 17.8. The molecule has 2 aromatic carbocycles. The number of benzene rings is 2. The van der Waals surface area contributed by atoms with Crippen molar-refractivity contribution in [1.29, 1.82) is 0 Å². The fourth-order valence-electron chi connectivity index (χ4n) is 3.34. The van der Waals surface area contributed by atoms with Crippen LogP contribution >= 0.6 is 11.3 Å². The zero-order valence-corrected chi connectivity index (χ0v) is 16.8. The second-order valence-corrected chi connectivity index (χ2v) is 8.90. The van der Waals surface area contributed by atoms with Crippen molar-refractivity contribution in [3.8, 4) is 11.5 Å². The summed E-state index contributed by atoms with van der Waals surface area (Å²) < 4.78 is 13.2. The van der Waals surface area contributed by atoms with Crippen molar-refractivity contribution in [3.05, 3.63) is 48.0 Å². The van der Waals surface area contributed by atoms with E-state index in [1.54, 1.807) is 11.3 Å². The lowest BCUT2D eigenvalue weighted by molar-refractivity contribution is 0.166. The Morgan fingerprint density at radius 2 is 2.00 bits per heavy atom. The molecule has 1 saturated carbocycles. The number of fused-ring (bicyclic) bond motifs is 1. The summed E-state index contributed by atoms with van der Waals surface area (Å²) in [5.41, 5.74) is 8.18. The van der Waals surface area contributed by atoms with Gasteiger partial charge in [0.1, 0.15) is 17.6 Å². The summed E-state index contributed by atoms with van der Waals surface area (Å²) >= 11 is 1.72. The fraction of sp³-hybridized carbons (Fsp3) is 0.409. The van der Waals surface area contributed by atoms with Gasteiger partial charge in [-0.2, -0.15) is 0 Å². The molecule has 0 spiro atoms. The van der Waals surface area contributed by atoms with E-state index in [1.807, 2.05) is 31.2 Å². The molecule has 146 valence electrons. The van der Waals surface area contributed by atoms with E-state index in [9.17, 15) is 0 Å². The van der Waals surface area contributed by atoms with Crippen LogP contribution in [0.4, 0.5) is 5.13 Å².